The molecule has 2 aromatic carbocycles. The van der Waals surface area contributed by atoms with Gasteiger partial charge in [-0.05, 0) is 55.3 Å². The molecule has 0 aromatic heterocycles. The molecule has 2 rings (SSSR count). The lowest BCUT2D eigenvalue weighted by Crippen LogP contribution is -2.40. The Morgan fingerprint density at radius 1 is 1.09 bits per heavy atom. The highest BCUT2D eigenvalue weighted by molar-refractivity contribution is 6.30. The number of benzene rings is 2. The number of rotatable bonds is 5. The van der Waals surface area contributed by atoms with Crippen LogP contribution in [0.5, 0.6) is 5.75 Å². The van der Waals surface area contributed by atoms with Crippen LogP contribution in [-0.4, -0.2) is 13.0 Å². The van der Waals surface area contributed by atoms with Crippen LogP contribution >= 0.6 is 11.6 Å². The second-order valence-electron chi connectivity index (χ2n) is 5.73. The van der Waals surface area contributed by atoms with E-state index >= 15 is 0 Å². The van der Waals surface area contributed by atoms with Gasteiger partial charge in [0, 0.05) is 11.1 Å². The van der Waals surface area contributed by atoms with Gasteiger partial charge in [0.15, 0.2) is 0 Å². The smallest absolute Gasteiger partial charge is 0.244 e. The average Bonchev–Trinajstić information content (AvgIpc) is 2.53. The Bertz CT molecular complexity index is 688. The minimum Gasteiger partial charge on any atom is -0.497 e. The van der Waals surface area contributed by atoms with Crippen molar-refractivity contribution in [2.45, 2.75) is 19.4 Å². The maximum Gasteiger partial charge on any atom is 0.244 e. The Kier molecular flexibility index (Phi) is 5.45. The van der Waals surface area contributed by atoms with Crippen molar-refractivity contribution in [3.8, 4) is 5.75 Å². The molecular formula is C19H20ClNO2. The number of nitrogens with one attached hydrogen (secondary N) is 1. The van der Waals surface area contributed by atoms with Gasteiger partial charge < -0.3 is 10.1 Å². The summed E-state index contributed by atoms with van der Waals surface area (Å²) in [7, 11) is 1.62. The first kappa shape index (κ1) is 17.1. The van der Waals surface area contributed by atoms with Crippen molar-refractivity contribution >= 4 is 23.6 Å². The van der Waals surface area contributed by atoms with Gasteiger partial charge >= 0.3 is 0 Å². The fraction of sp³-hybridized carbons (Fsp3) is 0.211. The zero-order valence-electron chi connectivity index (χ0n) is 13.5. The number of hydrogen-bond donors (Lipinski definition) is 1. The number of amides is 1. The van der Waals surface area contributed by atoms with E-state index in [0.717, 1.165) is 16.9 Å². The van der Waals surface area contributed by atoms with Gasteiger partial charge in [-0.3, -0.25) is 4.79 Å². The van der Waals surface area contributed by atoms with E-state index in [2.05, 4.69) is 5.32 Å². The first-order valence-electron chi connectivity index (χ1n) is 7.31. The fourth-order valence-corrected chi connectivity index (χ4v) is 2.30. The molecule has 0 aliphatic rings. The molecule has 1 N–H and O–H groups in total. The predicted octanol–water partition coefficient (Wildman–Crippen LogP) is 4.41. The van der Waals surface area contributed by atoms with Crippen LogP contribution in [0.15, 0.2) is 54.6 Å². The lowest BCUT2D eigenvalue weighted by atomic mass is 9.94. The van der Waals surface area contributed by atoms with Crippen molar-refractivity contribution in [3.05, 3.63) is 70.8 Å². The molecule has 23 heavy (non-hydrogen) atoms. The van der Waals surface area contributed by atoms with Crippen molar-refractivity contribution in [1.29, 1.82) is 0 Å². The van der Waals surface area contributed by atoms with E-state index in [1.807, 2.05) is 62.4 Å². The summed E-state index contributed by atoms with van der Waals surface area (Å²) in [5.74, 6) is 0.635. The summed E-state index contributed by atoms with van der Waals surface area (Å²) in [5, 5.41) is 3.67. The van der Waals surface area contributed by atoms with Crippen molar-refractivity contribution in [2.75, 3.05) is 7.11 Å². The summed E-state index contributed by atoms with van der Waals surface area (Å²) in [6.07, 6.45) is 3.30. The molecule has 3 nitrogen and oxygen atoms in total. The molecule has 0 radical (unpaired) electrons. The van der Waals surface area contributed by atoms with Gasteiger partial charge in [-0.25, -0.2) is 0 Å². The second kappa shape index (κ2) is 7.34. The van der Waals surface area contributed by atoms with Crippen LogP contribution in [0.2, 0.25) is 5.02 Å². The number of carbonyl (C=O) groups excluding carboxylic acids is 1. The molecule has 0 unspecified atom stereocenters. The highest BCUT2D eigenvalue weighted by Crippen LogP contribution is 2.22. The summed E-state index contributed by atoms with van der Waals surface area (Å²) in [5.41, 5.74) is 1.45. The van der Waals surface area contributed by atoms with E-state index in [9.17, 15) is 4.79 Å². The Labute approximate surface area is 141 Å². The second-order valence-corrected chi connectivity index (χ2v) is 6.16. The van der Waals surface area contributed by atoms with Crippen molar-refractivity contribution in [3.63, 3.8) is 0 Å². The van der Waals surface area contributed by atoms with Gasteiger partial charge in [-0.2, -0.15) is 0 Å². The van der Waals surface area contributed by atoms with Crippen molar-refractivity contribution in [1.82, 2.24) is 5.32 Å². The minimum atomic E-state index is -0.480. The van der Waals surface area contributed by atoms with E-state index < -0.39 is 5.54 Å². The molecule has 0 saturated carbocycles. The van der Waals surface area contributed by atoms with E-state index in [-0.39, 0.29) is 5.91 Å². The van der Waals surface area contributed by atoms with Gasteiger partial charge in [0.05, 0.1) is 12.6 Å². The van der Waals surface area contributed by atoms with E-state index in [0.29, 0.717) is 5.02 Å². The van der Waals surface area contributed by atoms with Crippen LogP contribution < -0.4 is 10.1 Å². The SMILES string of the molecule is COc1ccc(/C=C/C(=O)NC(C)(C)c2ccc(Cl)cc2)cc1. The van der Waals surface area contributed by atoms with Crippen LogP contribution in [0, 0.1) is 0 Å². The van der Waals surface area contributed by atoms with E-state index in [1.54, 1.807) is 13.2 Å². The van der Waals surface area contributed by atoms with Crippen LogP contribution in [0.3, 0.4) is 0 Å². The molecule has 0 aliphatic carbocycles. The lowest BCUT2D eigenvalue weighted by Gasteiger charge is -2.26. The molecular weight excluding hydrogens is 310 g/mol. The molecule has 1 amide bonds. The molecule has 0 saturated heterocycles. The van der Waals surface area contributed by atoms with Gasteiger partial charge in [-0.1, -0.05) is 35.9 Å². The first-order chi connectivity index (χ1) is 10.9. The summed E-state index contributed by atoms with van der Waals surface area (Å²) >= 11 is 5.90. The minimum absolute atomic E-state index is 0.152. The van der Waals surface area contributed by atoms with Crippen molar-refractivity contribution < 1.29 is 9.53 Å². The third-order valence-electron chi connectivity index (χ3n) is 3.54. The standard InChI is InChI=1S/C19H20ClNO2/c1-19(2,15-7-9-16(20)10-8-15)21-18(22)13-6-14-4-11-17(23-3)12-5-14/h4-13H,1-3H3,(H,21,22)/b13-6+. The van der Waals surface area contributed by atoms with Crippen LogP contribution in [0.1, 0.15) is 25.0 Å². The van der Waals surface area contributed by atoms with Crippen LogP contribution in [0.4, 0.5) is 0 Å². The molecule has 0 heterocycles. The fourth-order valence-electron chi connectivity index (χ4n) is 2.18. The summed E-state index contributed by atoms with van der Waals surface area (Å²) in [4.78, 5) is 12.1. The normalized spacial score (nSPS) is 11.5. The van der Waals surface area contributed by atoms with E-state index in [1.165, 1.54) is 6.08 Å². The number of methoxy groups -OCH3 is 1. The summed E-state index contributed by atoms with van der Waals surface area (Å²) in [6, 6.07) is 15.0. The molecule has 2 aromatic rings. The molecule has 0 fully saturated rings. The number of carbonyl (C=O) groups is 1. The maximum atomic E-state index is 12.1. The number of ether oxygens (including phenoxy) is 1. The van der Waals surface area contributed by atoms with Gasteiger partial charge in [0.25, 0.3) is 0 Å². The molecule has 0 aliphatic heterocycles. The quantitative estimate of drug-likeness (QED) is 0.825. The topological polar surface area (TPSA) is 38.3 Å². The maximum absolute atomic E-state index is 12.1. The molecule has 4 heteroatoms. The highest BCUT2D eigenvalue weighted by atomic mass is 35.5. The van der Waals surface area contributed by atoms with Gasteiger partial charge in [-0.15, -0.1) is 0 Å². The summed E-state index contributed by atoms with van der Waals surface area (Å²) in [6.45, 7) is 3.91. The highest BCUT2D eigenvalue weighted by Gasteiger charge is 2.21. The van der Waals surface area contributed by atoms with Crippen molar-refractivity contribution in [2.24, 2.45) is 0 Å². The van der Waals surface area contributed by atoms with Gasteiger partial charge in [0.2, 0.25) is 5.91 Å². The Hall–Kier alpha value is -2.26. The molecule has 120 valence electrons. The third-order valence-corrected chi connectivity index (χ3v) is 3.80. The summed E-state index contributed by atoms with van der Waals surface area (Å²) < 4.78 is 5.11. The first-order valence-corrected chi connectivity index (χ1v) is 7.69. The zero-order chi connectivity index (χ0) is 16.9. The largest absolute Gasteiger partial charge is 0.497 e. The lowest BCUT2D eigenvalue weighted by molar-refractivity contribution is -0.118. The van der Waals surface area contributed by atoms with Crippen LogP contribution in [0.25, 0.3) is 6.08 Å². The average molecular weight is 330 g/mol. The molecule has 0 bridgehead atoms. The third kappa shape index (κ3) is 4.86. The molecule has 0 atom stereocenters. The monoisotopic (exact) mass is 329 g/mol. The molecule has 0 spiro atoms. The van der Waals surface area contributed by atoms with Crippen LogP contribution in [-0.2, 0) is 10.3 Å². The number of halogens is 1. The van der Waals surface area contributed by atoms with E-state index in [4.69, 9.17) is 16.3 Å². The zero-order valence-corrected chi connectivity index (χ0v) is 14.2. The Morgan fingerprint density at radius 3 is 2.26 bits per heavy atom. The number of hydrogen-bond acceptors (Lipinski definition) is 2. The Morgan fingerprint density at radius 2 is 1.70 bits per heavy atom. The predicted molar refractivity (Wildman–Crippen MR) is 94.6 cm³/mol. The Balaban J connectivity index is 2.02. The van der Waals surface area contributed by atoms with Gasteiger partial charge in [0.1, 0.15) is 5.75 Å².